The van der Waals surface area contributed by atoms with Gasteiger partial charge in [-0.25, -0.2) is 0 Å². The first-order valence-corrected chi connectivity index (χ1v) is 5.34. The maximum absolute atomic E-state index is 8.50. The number of thiophene rings is 1. The highest BCUT2D eigenvalue weighted by Gasteiger charge is 2.03. The van der Waals surface area contributed by atoms with Gasteiger partial charge >= 0.3 is 0 Å². The second-order valence-corrected chi connectivity index (χ2v) is 4.78. The van der Waals surface area contributed by atoms with E-state index in [0.717, 1.165) is 13.6 Å². The van der Waals surface area contributed by atoms with Gasteiger partial charge < -0.3 is 0 Å². The highest BCUT2D eigenvalue weighted by atomic mass is 79.9. The van der Waals surface area contributed by atoms with Crippen molar-refractivity contribution >= 4 is 39.0 Å². The molecule has 0 saturated heterocycles. The number of hydrogen-bond acceptors (Lipinski definition) is 3. The Morgan fingerprint density at radius 2 is 2.50 bits per heavy atom. The number of halogens is 1. The molecule has 1 aromatic heterocycles. The molecule has 0 bridgehead atoms. The van der Waals surface area contributed by atoms with Crippen molar-refractivity contribution < 1.29 is 0 Å². The summed E-state index contributed by atoms with van der Waals surface area (Å²) in [6.45, 7) is 0. The van der Waals surface area contributed by atoms with Crippen molar-refractivity contribution in [3.05, 3.63) is 14.7 Å². The van der Waals surface area contributed by atoms with Crippen LogP contribution in [0.2, 0.25) is 0 Å². The standard InChI is InChI=1S/C6H4BrNS2/c1-9-5-2-4(3-8)10-6(5)7/h2H,1H3. The molecule has 1 heterocycles. The molecule has 0 aliphatic rings. The van der Waals surface area contributed by atoms with Crippen LogP contribution in [0.15, 0.2) is 14.7 Å². The molecular formula is C6H4BrNS2. The minimum Gasteiger partial charge on any atom is -0.192 e. The number of nitrogens with zero attached hydrogens (tertiary/aromatic N) is 1. The number of nitriles is 1. The van der Waals surface area contributed by atoms with Gasteiger partial charge in [0, 0.05) is 4.90 Å². The van der Waals surface area contributed by atoms with E-state index < -0.39 is 0 Å². The van der Waals surface area contributed by atoms with Gasteiger partial charge in [-0.05, 0) is 28.3 Å². The van der Waals surface area contributed by atoms with Gasteiger partial charge in [0.25, 0.3) is 0 Å². The normalized spacial score (nSPS) is 9.30. The minimum atomic E-state index is 0.760. The van der Waals surface area contributed by atoms with Crippen LogP contribution in [0.25, 0.3) is 0 Å². The van der Waals surface area contributed by atoms with Crippen LogP contribution in [-0.2, 0) is 0 Å². The highest BCUT2D eigenvalue weighted by Crippen LogP contribution is 2.33. The molecule has 0 spiro atoms. The van der Waals surface area contributed by atoms with Crippen LogP contribution in [0, 0.1) is 11.3 Å². The Hall–Kier alpha value is 0.0200. The topological polar surface area (TPSA) is 23.8 Å². The van der Waals surface area contributed by atoms with Crippen molar-refractivity contribution in [1.82, 2.24) is 0 Å². The number of thioether (sulfide) groups is 1. The Morgan fingerprint density at radius 1 is 1.80 bits per heavy atom. The molecule has 1 rings (SSSR count). The highest BCUT2D eigenvalue weighted by molar-refractivity contribution is 9.11. The molecule has 0 saturated carbocycles. The number of rotatable bonds is 1. The molecule has 0 N–H and O–H groups in total. The predicted molar refractivity (Wildman–Crippen MR) is 48.5 cm³/mol. The first-order valence-electron chi connectivity index (χ1n) is 2.51. The van der Waals surface area contributed by atoms with Crippen LogP contribution < -0.4 is 0 Å². The van der Waals surface area contributed by atoms with Gasteiger partial charge in [0.15, 0.2) is 0 Å². The SMILES string of the molecule is CSc1cc(C#N)sc1Br. The van der Waals surface area contributed by atoms with E-state index in [1.807, 2.05) is 12.3 Å². The van der Waals surface area contributed by atoms with E-state index in [9.17, 15) is 0 Å². The van der Waals surface area contributed by atoms with Crippen molar-refractivity contribution in [3.63, 3.8) is 0 Å². The summed E-state index contributed by atoms with van der Waals surface area (Å²) in [6, 6.07) is 3.99. The van der Waals surface area contributed by atoms with Crippen molar-refractivity contribution in [2.45, 2.75) is 4.90 Å². The van der Waals surface area contributed by atoms with Gasteiger partial charge in [-0.2, -0.15) is 5.26 Å². The molecule has 52 valence electrons. The third-order valence-corrected chi connectivity index (χ3v) is 3.88. The van der Waals surface area contributed by atoms with Crippen molar-refractivity contribution in [1.29, 1.82) is 5.26 Å². The first-order chi connectivity index (χ1) is 4.77. The largest absolute Gasteiger partial charge is 0.192 e. The summed E-state index contributed by atoms with van der Waals surface area (Å²) in [5, 5.41) is 8.50. The molecule has 0 radical (unpaired) electrons. The van der Waals surface area contributed by atoms with Crippen LogP contribution >= 0.6 is 39.0 Å². The zero-order valence-electron chi connectivity index (χ0n) is 5.22. The Morgan fingerprint density at radius 3 is 2.80 bits per heavy atom. The maximum Gasteiger partial charge on any atom is 0.110 e. The van der Waals surface area contributed by atoms with Gasteiger partial charge in [-0.1, -0.05) is 0 Å². The molecule has 0 aliphatic heterocycles. The molecule has 0 atom stereocenters. The molecule has 1 aromatic rings. The lowest BCUT2D eigenvalue weighted by atomic mass is 10.5. The fourth-order valence-corrected chi connectivity index (χ4v) is 3.09. The molecule has 0 fully saturated rings. The lowest BCUT2D eigenvalue weighted by Gasteiger charge is -1.85. The quantitative estimate of drug-likeness (QED) is 0.697. The zero-order chi connectivity index (χ0) is 7.56. The summed E-state index contributed by atoms with van der Waals surface area (Å²) in [4.78, 5) is 1.90. The van der Waals surface area contributed by atoms with E-state index in [4.69, 9.17) is 5.26 Å². The van der Waals surface area contributed by atoms with Gasteiger partial charge in [0.2, 0.25) is 0 Å². The van der Waals surface area contributed by atoms with Gasteiger partial charge in [0.1, 0.15) is 10.9 Å². The summed E-state index contributed by atoms with van der Waals surface area (Å²) in [5.41, 5.74) is 0. The van der Waals surface area contributed by atoms with Crippen LogP contribution in [-0.4, -0.2) is 6.26 Å². The third kappa shape index (κ3) is 1.54. The van der Waals surface area contributed by atoms with Gasteiger partial charge in [-0.3, -0.25) is 0 Å². The summed E-state index contributed by atoms with van der Waals surface area (Å²) in [6.07, 6.45) is 1.99. The third-order valence-electron chi connectivity index (χ3n) is 0.986. The van der Waals surface area contributed by atoms with E-state index in [1.165, 1.54) is 11.3 Å². The van der Waals surface area contributed by atoms with E-state index >= 15 is 0 Å². The Labute approximate surface area is 76.2 Å². The van der Waals surface area contributed by atoms with Crippen molar-refractivity contribution in [3.8, 4) is 6.07 Å². The van der Waals surface area contributed by atoms with E-state index in [-0.39, 0.29) is 0 Å². The van der Waals surface area contributed by atoms with Crippen molar-refractivity contribution in [2.75, 3.05) is 6.26 Å². The summed E-state index contributed by atoms with van der Waals surface area (Å²) < 4.78 is 1.05. The zero-order valence-corrected chi connectivity index (χ0v) is 8.44. The summed E-state index contributed by atoms with van der Waals surface area (Å²) in [5.74, 6) is 0. The molecule has 0 aromatic carbocycles. The second-order valence-electron chi connectivity index (χ2n) is 1.56. The first kappa shape index (κ1) is 8.12. The molecule has 4 heteroatoms. The van der Waals surface area contributed by atoms with Crippen molar-refractivity contribution in [2.24, 2.45) is 0 Å². The van der Waals surface area contributed by atoms with Gasteiger partial charge in [-0.15, -0.1) is 23.1 Å². The average Bonchev–Trinajstić information content (AvgIpc) is 2.30. The molecule has 1 nitrogen and oxygen atoms in total. The molecule has 10 heavy (non-hydrogen) atoms. The number of hydrogen-bond donors (Lipinski definition) is 0. The molecule has 0 aliphatic carbocycles. The lowest BCUT2D eigenvalue weighted by Crippen LogP contribution is -1.58. The van der Waals surface area contributed by atoms with Gasteiger partial charge in [0.05, 0.1) is 3.79 Å². The molecule has 0 amide bonds. The molecule has 0 unspecified atom stereocenters. The lowest BCUT2D eigenvalue weighted by molar-refractivity contribution is 1.49. The van der Waals surface area contributed by atoms with E-state index in [0.29, 0.717) is 0 Å². The monoisotopic (exact) mass is 233 g/mol. The van der Waals surface area contributed by atoms with E-state index in [1.54, 1.807) is 11.8 Å². The maximum atomic E-state index is 8.50. The fourth-order valence-electron chi connectivity index (χ4n) is 0.546. The minimum absolute atomic E-state index is 0.760. The molecular weight excluding hydrogens is 230 g/mol. The second kappa shape index (κ2) is 3.42. The Kier molecular flexibility index (Phi) is 2.78. The summed E-state index contributed by atoms with van der Waals surface area (Å²) >= 11 is 6.48. The Bertz CT molecular complexity index is 274. The fraction of sp³-hybridized carbons (Fsp3) is 0.167. The Balaban J connectivity index is 3.07. The van der Waals surface area contributed by atoms with Crippen LogP contribution in [0.3, 0.4) is 0 Å². The van der Waals surface area contributed by atoms with E-state index in [2.05, 4.69) is 22.0 Å². The smallest absolute Gasteiger partial charge is 0.110 e. The van der Waals surface area contributed by atoms with Crippen LogP contribution in [0.4, 0.5) is 0 Å². The summed E-state index contributed by atoms with van der Waals surface area (Å²) in [7, 11) is 0. The van der Waals surface area contributed by atoms with Crippen LogP contribution in [0.5, 0.6) is 0 Å². The average molecular weight is 234 g/mol. The predicted octanol–water partition coefficient (Wildman–Crippen LogP) is 3.10. The van der Waals surface area contributed by atoms with Crippen LogP contribution in [0.1, 0.15) is 4.88 Å².